The number of carbonyl (C=O) groups is 1. The fourth-order valence-electron chi connectivity index (χ4n) is 5.04. The van der Waals surface area contributed by atoms with Crippen LogP contribution in [-0.2, 0) is 20.1 Å². The van der Waals surface area contributed by atoms with Crippen LogP contribution >= 0.6 is 0 Å². The molecule has 188 valence electrons. The smallest absolute Gasteiger partial charge is 0.331 e. The lowest BCUT2D eigenvalue weighted by Crippen LogP contribution is -2.44. The van der Waals surface area contributed by atoms with Crippen LogP contribution in [0.4, 0.5) is 5.82 Å². The molecule has 1 fully saturated rings. The quantitative estimate of drug-likeness (QED) is 0.565. The first-order chi connectivity index (χ1) is 16.5. The van der Waals surface area contributed by atoms with E-state index in [1.54, 1.807) is 21.1 Å². The maximum atomic E-state index is 13.9. The Bertz CT molecular complexity index is 1390. The molecule has 0 unspecified atom stereocenters. The van der Waals surface area contributed by atoms with Gasteiger partial charge >= 0.3 is 5.69 Å². The summed E-state index contributed by atoms with van der Waals surface area (Å²) in [6.07, 6.45) is 1.79. The van der Waals surface area contributed by atoms with Crippen LogP contribution in [0.2, 0.25) is 0 Å². The van der Waals surface area contributed by atoms with Crippen LogP contribution in [0.5, 0.6) is 0 Å². The molecule has 0 radical (unpaired) electrons. The molecule has 1 aliphatic heterocycles. The Morgan fingerprint density at radius 2 is 1.80 bits per heavy atom. The van der Waals surface area contributed by atoms with Gasteiger partial charge in [-0.1, -0.05) is 0 Å². The molecule has 1 aliphatic rings. The number of nitrogens with two attached hydrogens (primary N) is 1. The molecular formula is C24H34N8O3. The number of hydrogen-bond donors (Lipinski definition) is 1. The van der Waals surface area contributed by atoms with Gasteiger partial charge in [-0.05, 0) is 39.7 Å². The normalized spacial score (nSPS) is 16.2. The Morgan fingerprint density at radius 3 is 2.37 bits per heavy atom. The van der Waals surface area contributed by atoms with E-state index >= 15 is 0 Å². The molecule has 3 aromatic rings. The van der Waals surface area contributed by atoms with E-state index in [2.05, 4.69) is 14.9 Å². The topological polar surface area (TPSA) is 124 Å². The number of amides is 1. The predicted molar refractivity (Wildman–Crippen MR) is 135 cm³/mol. The average Bonchev–Trinajstić information content (AvgIpc) is 3.14. The summed E-state index contributed by atoms with van der Waals surface area (Å²) in [7, 11) is 4.93. The number of hydrogen-bond acceptors (Lipinski definition) is 7. The SMILES string of the molecule is CCn1c(N2CCC[C@@H](N)C2)c(C(=O)N(C)C)c2c1c(=O)n(Cc1nc(C)cc(C)n1)c(=O)n2C. The molecule has 4 rings (SSSR count). The molecule has 0 saturated carbocycles. The van der Waals surface area contributed by atoms with Crippen LogP contribution in [0.3, 0.4) is 0 Å². The fraction of sp³-hybridized carbons (Fsp3) is 0.542. The second-order valence-electron chi connectivity index (χ2n) is 9.49. The van der Waals surface area contributed by atoms with Crippen molar-refractivity contribution >= 4 is 22.8 Å². The summed E-state index contributed by atoms with van der Waals surface area (Å²) < 4.78 is 4.40. The van der Waals surface area contributed by atoms with Gasteiger partial charge in [-0.25, -0.2) is 14.8 Å². The second-order valence-corrected chi connectivity index (χ2v) is 9.49. The van der Waals surface area contributed by atoms with Gasteiger partial charge in [0, 0.05) is 58.2 Å². The number of rotatable bonds is 5. The average molecular weight is 483 g/mol. The third-order valence-electron chi connectivity index (χ3n) is 6.53. The minimum absolute atomic E-state index is 0.0310. The van der Waals surface area contributed by atoms with Gasteiger partial charge in [0.1, 0.15) is 22.7 Å². The maximum absolute atomic E-state index is 13.9. The molecule has 1 atom stereocenters. The first kappa shape index (κ1) is 24.6. The summed E-state index contributed by atoms with van der Waals surface area (Å²) in [6, 6.07) is 1.81. The van der Waals surface area contributed by atoms with Crippen molar-refractivity contribution in [1.82, 2.24) is 28.6 Å². The van der Waals surface area contributed by atoms with Crippen LogP contribution in [0.25, 0.3) is 11.0 Å². The number of anilines is 1. The number of carbonyl (C=O) groups excluding carboxylic acids is 1. The van der Waals surface area contributed by atoms with Crippen molar-refractivity contribution in [2.45, 2.75) is 52.7 Å². The summed E-state index contributed by atoms with van der Waals surface area (Å²) in [5.41, 5.74) is 7.82. The van der Waals surface area contributed by atoms with Crippen molar-refractivity contribution in [1.29, 1.82) is 0 Å². The summed E-state index contributed by atoms with van der Waals surface area (Å²) in [6.45, 7) is 7.31. The Labute approximate surface area is 203 Å². The van der Waals surface area contributed by atoms with Crippen LogP contribution in [0, 0.1) is 13.8 Å². The third-order valence-corrected chi connectivity index (χ3v) is 6.53. The molecule has 0 aliphatic carbocycles. The van der Waals surface area contributed by atoms with E-state index in [0.717, 1.165) is 35.3 Å². The van der Waals surface area contributed by atoms with Gasteiger partial charge in [0.2, 0.25) is 0 Å². The highest BCUT2D eigenvalue weighted by Gasteiger charge is 2.33. The van der Waals surface area contributed by atoms with Crippen LogP contribution < -0.4 is 21.9 Å². The fourth-order valence-corrected chi connectivity index (χ4v) is 5.04. The van der Waals surface area contributed by atoms with E-state index in [1.807, 2.05) is 31.4 Å². The monoisotopic (exact) mass is 482 g/mol. The number of aryl methyl sites for hydroxylation is 4. The van der Waals surface area contributed by atoms with Gasteiger partial charge < -0.3 is 20.1 Å². The van der Waals surface area contributed by atoms with E-state index in [0.29, 0.717) is 41.3 Å². The van der Waals surface area contributed by atoms with Crippen LogP contribution in [-0.4, -0.2) is 67.7 Å². The van der Waals surface area contributed by atoms with Crippen molar-refractivity contribution in [2.24, 2.45) is 12.8 Å². The lowest BCUT2D eigenvalue weighted by molar-refractivity contribution is 0.0829. The Morgan fingerprint density at radius 1 is 1.14 bits per heavy atom. The molecule has 2 N–H and O–H groups in total. The molecule has 0 aromatic carbocycles. The van der Waals surface area contributed by atoms with Crippen LogP contribution in [0.1, 0.15) is 47.3 Å². The van der Waals surface area contributed by atoms with Crippen LogP contribution in [0.15, 0.2) is 15.7 Å². The van der Waals surface area contributed by atoms with E-state index < -0.39 is 11.2 Å². The number of aromatic nitrogens is 5. The first-order valence-electron chi connectivity index (χ1n) is 11.9. The maximum Gasteiger partial charge on any atom is 0.331 e. The summed E-state index contributed by atoms with van der Waals surface area (Å²) >= 11 is 0. The molecule has 0 bridgehead atoms. The standard InChI is InChI=1S/C24H34N8O3/c1-7-31-20-19(18(22(33)28(4)5)21(31)30-10-8-9-16(25)12-30)29(6)24(35)32(23(20)34)13-17-26-14(2)11-15(3)27-17/h11,16H,7-10,12-13,25H2,1-6H3/t16-/m1/s1. The van der Waals surface area contributed by atoms with Gasteiger partial charge in [-0.3, -0.25) is 18.7 Å². The Hall–Kier alpha value is -3.47. The van der Waals surface area contributed by atoms with Crippen molar-refractivity contribution in [3.05, 3.63) is 49.7 Å². The second kappa shape index (κ2) is 9.29. The zero-order chi connectivity index (χ0) is 25.6. The Balaban J connectivity index is 2.05. The van der Waals surface area contributed by atoms with Gasteiger partial charge in [0.15, 0.2) is 0 Å². The van der Waals surface area contributed by atoms with Crippen molar-refractivity contribution in [3.8, 4) is 0 Å². The molecule has 35 heavy (non-hydrogen) atoms. The van der Waals surface area contributed by atoms with E-state index in [1.165, 1.54) is 9.47 Å². The zero-order valence-corrected chi connectivity index (χ0v) is 21.3. The van der Waals surface area contributed by atoms with Gasteiger partial charge in [0.25, 0.3) is 11.5 Å². The first-order valence-corrected chi connectivity index (χ1v) is 11.9. The lowest BCUT2D eigenvalue weighted by atomic mass is 10.1. The zero-order valence-electron chi connectivity index (χ0n) is 21.3. The minimum atomic E-state index is -0.520. The predicted octanol–water partition coefficient (Wildman–Crippen LogP) is 0.606. The molecule has 1 amide bonds. The third kappa shape index (κ3) is 4.24. The summed E-state index contributed by atoms with van der Waals surface area (Å²) in [5.74, 6) is 0.771. The van der Waals surface area contributed by atoms with Crippen molar-refractivity contribution in [2.75, 3.05) is 32.1 Å². The minimum Gasteiger partial charge on any atom is -0.356 e. The summed E-state index contributed by atoms with van der Waals surface area (Å²) in [4.78, 5) is 53.2. The van der Waals surface area contributed by atoms with E-state index in [9.17, 15) is 14.4 Å². The van der Waals surface area contributed by atoms with E-state index in [4.69, 9.17) is 5.73 Å². The summed E-state index contributed by atoms with van der Waals surface area (Å²) in [5, 5.41) is 0. The van der Waals surface area contributed by atoms with Crippen molar-refractivity contribution in [3.63, 3.8) is 0 Å². The highest BCUT2D eigenvalue weighted by Crippen LogP contribution is 2.33. The largest absolute Gasteiger partial charge is 0.356 e. The molecular weight excluding hydrogens is 448 g/mol. The van der Waals surface area contributed by atoms with Gasteiger partial charge in [-0.2, -0.15) is 0 Å². The molecule has 11 nitrogen and oxygen atoms in total. The molecule has 0 spiro atoms. The van der Waals surface area contributed by atoms with Gasteiger partial charge in [0.05, 0.1) is 12.1 Å². The number of nitrogens with zero attached hydrogens (tertiary/aromatic N) is 7. The Kier molecular flexibility index (Phi) is 6.54. The molecule has 4 heterocycles. The molecule has 1 saturated heterocycles. The highest BCUT2D eigenvalue weighted by atomic mass is 16.2. The lowest BCUT2D eigenvalue weighted by Gasteiger charge is -2.34. The van der Waals surface area contributed by atoms with Crippen molar-refractivity contribution < 1.29 is 4.79 Å². The number of fused-ring (bicyclic) bond motifs is 1. The number of piperidine rings is 1. The van der Waals surface area contributed by atoms with Gasteiger partial charge in [-0.15, -0.1) is 0 Å². The molecule has 3 aromatic heterocycles. The highest BCUT2D eigenvalue weighted by molar-refractivity contribution is 6.10. The van der Waals surface area contributed by atoms with E-state index in [-0.39, 0.29) is 18.5 Å². The molecule has 11 heteroatoms.